The van der Waals surface area contributed by atoms with Crippen LogP contribution < -0.4 is 0 Å². The van der Waals surface area contributed by atoms with Crippen molar-refractivity contribution in [3.05, 3.63) is 50.9 Å². The van der Waals surface area contributed by atoms with E-state index in [4.69, 9.17) is 11.6 Å². The smallest absolute Gasteiger partial charge is 0.169 e. The lowest BCUT2D eigenvalue weighted by Gasteiger charge is -2.02. The van der Waals surface area contributed by atoms with Gasteiger partial charge in [0.05, 0.1) is 4.34 Å². The van der Waals surface area contributed by atoms with Crippen molar-refractivity contribution in [2.75, 3.05) is 0 Å². The molecule has 0 saturated carbocycles. The molecule has 0 N–H and O–H groups in total. The van der Waals surface area contributed by atoms with Gasteiger partial charge in [-0.05, 0) is 30.7 Å². The normalized spacial score (nSPS) is 10.4. The lowest BCUT2D eigenvalue weighted by atomic mass is 10.1. The van der Waals surface area contributed by atoms with Crippen molar-refractivity contribution in [1.29, 1.82) is 0 Å². The second kappa shape index (κ2) is 4.76. The van der Waals surface area contributed by atoms with Crippen molar-refractivity contribution in [2.45, 2.75) is 13.3 Å². The summed E-state index contributed by atoms with van der Waals surface area (Å²) in [6, 6.07) is 5.54. The lowest BCUT2D eigenvalue weighted by Crippen LogP contribution is -2.04. The number of carbonyl (C=O) groups excluding carboxylic acids is 1. The Morgan fingerprint density at radius 1 is 1.44 bits per heavy atom. The van der Waals surface area contributed by atoms with Crippen molar-refractivity contribution >= 4 is 28.7 Å². The molecule has 0 fully saturated rings. The van der Waals surface area contributed by atoms with E-state index in [1.54, 1.807) is 12.4 Å². The first kappa shape index (κ1) is 11.3. The molecule has 0 radical (unpaired) electrons. The third kappa shape index (κ3) is 2.49. The Kier molecular flexibility index (Phi) is 3.36. The second-order valence-electron chi connectivity index (χ2n) is 3.50. The number of rotatable bonds is 3. The highest BCUT2D eigenvalue weighted by Gasteiger charge is 2.11. The zero-order valence-electron chi connectivity index (χ0n) is 8.74. The van der Waals surface area contributed by atoms with Crippen LogP contribution in [0.4, 0.5) is 0 Å². The molecule has 0 aliphatic carbocycles. The Balaban J connectivity index is 2.18. The maximum atomic E-state index is 12.0. The number of hydrogen-bond donors (Lipinski definition) is 0. The summed E-state index contributed by atoms with van der Waals surface area (Å²) in [7, 11) is 0. The SMILES string of the molecule is Cc1ccncc1C(=O)Cc1ccc(Cl)s1. The lowest BCUT2D eigenvalue weighted by molar-refractivity contribution is 0.0993. The fourth-order valence-corrected chi connectivity index (χ4v) is 2.54. The van der Waals surface area contributed by atoms with Gasteiger partial charge in [0.2, 0.25) is 0 Å². The summed E-state index contributed by atoms with van der Waals surface area (Å²) in [5.74, 6) is 0.0871. The van der Waals surface area contributed by atoms with Crippen LogP contribution in [-0.4, -0.2) is 10.8 Å². The molecule has 2 heterocycles. The Labute approximate surface area is 103 Å². The molecule has 0 atom stereocenters. The predicted molar refractivity (Wildman–Crippen MR) is 66.3 cm³/mol. The summed E-state index contributed by atoms with van der Waals surface area (Å²) in [5, 5.41) is 0. The summed E-state index contributed by atoms with van der Waals surface area (Å²) in [6.07, 6.45) is 3.70. The van der Waals surface area contributed by atoms with Gasteiger partial charge in [-0.3, -0.25) is 9.78 Å². The van der Waals surface area contributed by atoms with Crippen LogP contribution >= 0.6 is 22.9 Å². The molecule has 2 nitrogen and oxygen atoms in total. The maximum absolute atomic E-state index is 12.0. The third-order valence-corrected chi connectivity index (χ3v) is 3.53. The van der Waals surface area contributed by atoms with E-state index < -0.39 is 0 Å². The average molecular weight is 252 g/mol. The van der Waals surface area contributed by atoms with E-state index in [9.17, 15) is 4.79 Å². The number of nitrogens with zero attached hydrogens (tertiary/aromatic N) is 1. The quantitative estimate of drug-likeness (QED) is 0.781. The Hall–Kier alpha value is -1.19. The van der Waals surface area contributed by atoms with E-state index in [0.717, 1.165) is 10.4 Å². The zero-order chi connectivity index (χ0) is 11.5. The van der Waals surface area contributed by atoms with Crippen molar-refractivity contribution in [2.24, 2.45) is 0 Å². The van der Waals surface area contributed by atoms with E-state index in [0.29, 0.717) is 16.3 Å². The van der Waals surface area contributed by atoms with E-state index >= 15 is 0 Å². The van der Waals surface area contributed by atoms with Gasteiger partial charge in [0, 0.05) is 29.3 Å². The van der Waals surface area contributed by atoms with E-state index in [-0.39, 0.29) is 5.78 Å². The number of halogens is 1. The fourth-order valence-electron chi connectivity index (χ4n) is 1.46. The van der Waals surface area contributed by atoms with Crippen LogP contribution in [0.3, 0.4) is 0 Å². The Morgan fingerprint density at radius 3 is 2.88 bits per heavy atom. The Morgan fingerprint density at radius 2 is 2.25 bits per heavy atom. The molecule has 0 amide bonds. The van der Waals surface area contributed by atoms with Gasteiger partial charge in [-0.1, -0.05) is 11.6 Å². The number of aryl methyl sites for hydroxylation is 1. The topological polar surface area (TPSA) is 30.0 Å². The number of aromatic nitrogens is 1. The number of thiophene rings is 1. The summed E-state index contributed by atoms with van der Waals surface area (Å²) in [4.78, 5) is 16.9. The molecule has 0 aliphatic heterocycles. The number of Topliss-reactive ketones (excluding diaryl/α,β-unsaturated/α-hetero) is 1. The van der Waals surface area contributed by atoms with Gasteiger partial charge in [0.15, 0.2) is 5.78 Å². The molecule has 2 rings (SSSR count). The van der Waals surface area contributed by atoms with E-state index in [2.05, 4.69) is 4.98 Å². The minimum absolute atomic E-state index is 0.0871. The molecule has 0 spiro atoms. The van der Waals surface area contributed by atoms with Gasteiger partial charge < -0.3 is 0 Å². The van der Waals surface area contributed by atoms with Gasteiger partial charge in [-0.25, -0.2) is 0 Å². The summed E-state index contributed by atoms with van der Waals surface area (Å²) < 4.78 is 0.714. The molecule has 0 aliphatic rings. The molecule has 0 saturated heterocycles. The molecule has 0 unspecified atom stereocenters. The summed E-state index contributed by atoms with van der Waals surface area (Å²) in [5.41, 5.74) is 1.65. The first-order valence-electron chi connectivity index (χ1n) is 4.85. The first-order chi connectivity index (χ1) is 7.66. The minimum Gasteiger partial charge on any atom is -0.294 e. The van der Waals surface area contributed by atoms with Crippen molar-refractivity contribution in [3.63, 3.8) is 0 Å². The van der Waals surface area contributed by atoms with E-state index in [1.807, 2.05) is 25.1 Å². The molecule has 0 bridgehead atoms. The zero-order valence-corrected chi connectivity index (χ0v) is 10.3. The molecule has 4 heteroatoms. The predicted octanol–water partition coefficient (Wildman–Crippen LogP) is 3.53. The Bertz CT molecular complexity index is 521. The standard InChI is InChI=1S/C12H10ClNOS/c1-8-4-5-14-7-10(8)11(15)6-9-2-3-12(13)16-9/h2-5,7H,6H2,1H3. The van der Waals surface area contributed by atoms with Crippen LogP contribution in [0.5, 0.6) is 0 Å². The number of hydrogen-bond acceptors (Lipinski definition) is 3. The van der Waals surface area contributed by atoms with Crippen molar-refractivity contribution < 1.29 is 4.79 Å². The van der Waals surface area contributed by atoms with Crippen LogP contribution in [0.25, 0.3) is 0 Å². The van der Waals surface area contributed by atoms with Gasteiger partial charge in [0.25, 0.3) is 0 Å². The van der Waals surface area contributed by atoms with Crippen molar-refractivity contribution in [3.8, 4) is 0 Å². The van der Waals surface area contributed by atoms with Gasteiger partial charge in [-0.15, -0.1) is 11.3 Å². The van der Waals surface area contributed by atoms with Crippen LogP contribution in [0, 0.1) is 6.92 Å². The third-order valence-electron chi connectivity index (χ3n) is 2.30. The molecule has 2 aromatic heterocycles. The highest BCUT2D eigenvalue weighted by Crippen LogP contribution is 2.23. The van der Waals surface area contributed by atoms with Gasteiger partial charge in [0.1, 0.15) is 0 Å². The second-order valence-corrected chi connectivity index (χ2v) is 5.30. The first-order valence-corrected chi connectivity index (χ1v) is 6.04. The molecule has 82 valence electrons. The fraction of sp³-hybridized carbons (Fsp3) is 0.167. The maximum Gasteiger partial charge on any atom is 0.169 e. The van der Waals surface area contributed by atoms with Crippen molar-refractivity contribution in [1.82, 2.24) is 4.98 Å². The van der Waals surface area contributed by atoms with Crippen LogP contribution in [0.2, 0.25) is 4.34 Å². The summed E-state index contributed by atoms with van der Waals surface area (Å²) >= 11 is 7.26. The van der Waals surface area contributed by atoms with Crippen LogP contribution in [0.1, 0.15) is 20.8 Å². The van der Waals surface area contributed by atoms with E-state index in [1.165, 1.54) is 11.3 Å². The molecular weight excluding hydrogens is 242 g/mol. The minimum atomic E-state index is 0.0871. The monoisotopic (exact) mass is 251 g/mol. The highest BCUT2D eigenvalue weighted by atomic mass is 35.5. The van der Waals surface area contributed by atoms with Gasteiger partial charge >= 0.3 is 0 Å². The summed E-state index contributed by atoms with van der Waals surface area (Å²) in [6.45, 7) is 1.91. The highest BCUT2D eigenvalue weighted by molar-refractivity contribution is 7.16. The van der Waals surface area contributed by atoms with Gasteiger partial charge in [-0.2, -0.15) is 0 Å². The molecular formula is C12H10ClNOS. The average Bonchev–Trinajstić information content (AvgIpc) is 2.64. The van der Waals surface area contributed by atoms with Crippen LogP contribution in [-0.2, 0) is 6.42 Å². The molecule has 16 heavy (non-hydrogen) atoms. The number of pyridine rings is 1. The number of ketones is 1. The molecule has 0 aromatic carbocycles. The number of carbonyl (C=O) groups is 1. The van der Waals surface area contributed by atoms with Crippen LogP contribution in [0.15, 0.2) is 30.6 Å². The molecule has 2 aromatic rings. The largest absolute Gasteiger partial charge is 0.294 e.